The Kier molecular flexibility index (Phi) is 7.20. The van der Waals surface area contributed by atoms with Crippen molar-refractivity contribution in [2.75, 3.05) is 19.6 Å². The molecule has 1 atom stereocenters. The Morgan fingerprint density at radius 1 is 1.06 bits per heavy atom. The summed E-state index contributed by atoms with van der Waals surface area (Å²) in [7, 11) is 1.65. The Morgan fingerprint density at radius 3 is 2.31 bits per heavy atom. The van der Waals surface area contributed by atoms with E-state index in [9.17, 15) is 14.7 Å². The number of carbonyl (C=O) groups is 1. The first-order valence-electron chi connectivity index (χ1n) is 12.5. The minimum absolute atomic E-state index is 0.210. The molecule has 0 saturated carbocycles. The highest BCUT2D eigenvalue weighted by atomic mass is 16.5. The molecule has 1 saturated heterocycles. The van der Waals surface area contributed by atoms with Gasteiger partial charge in [0.05, 0.1) is 11.3 Å². The SMILES string of the molecule is Cc1ccc(-c2c(C(OC(C)(C)C)C(=O)O)n(C)c(=O)c3c2ccn3CCN2CCCCC2)cc1. The van der Waals surface area contributed by atoms with Gasteiger partial charge in [-0.15, -0.1) is 0 Å². The van der Waals surface area contributed by atoms with E-state index in [1.807, 2.05) is 68.8 Å². The van der Waals surface area contributed by atoms with Crippen molar-refractivity contribution in [3.8, 4) is 11.1 Å². The van der Waals surface area contributed by atoms with Crippen molar-refractivity contribution in [3.05, 3.63) is 58.1 Å². The average molecular weight is 480 g/mol. The van der Waals surface area contributed by atoms with Crippen molar-refractivity contribution >= 4 is 16.9 Å². The van der Waals surface area contributed by atoms with Gasteiger partial charge in [-0.1, -0.05) is 36.2 Å². The summed E-state index contributed by atoms with van der Waals surface area (Å²) < 4.78 is 9.51. The lowest BCUT2D eigenvalue weighted by Crippen LogP contribution is -2.34. The molecule has 1 fully saturated rings. The summed E-state index contributed by atoms with van der Waals surface area (Å²) in [6.07, 6.45) is 4.40. The summed E-state index contributed by atoms with van der Waals surface area (Å²) >= 11 is 0. The number of likely N-dealkylation sites (tertiary alicyclic amines) is 1. The van der Waals surface area contributed by atoms with Crippen LogP contribution in [0.5, 0.6) is 0 Å². The number of ether oxygens (including phenoxy) is 1. The van der Waals surface area contributed by atoms with Crippen molar-refractivity contribution in [3.63, 3.8) is 0 Å². The van der Waals surface area contributed by atoms with Crippen molar-refractivity contribution in [2.24, 2.45) is 7.05 Å². The molecule has 1 unspecified atom stereocenters. The van der Waals surface area contributed by atoms with Crippen LogP contribution >= 0.6 is 0 Å². The number of benzene rings is 1. The Balaban J connectivity index is 1.91. The predicted molar refractivity (Wildman–Crippen MR) is 139 cm³/mol. The fourth-order valence-corrected chi connectivity index (χ4v) is 5.01. The smallest absolute Gasteiger partial charge is 0.339 e. The average Bonchev–Trinajstić information content (AvgIpc) is 3.23. The summed E-state index contributed by atoms with van der Waals surface area (Å²) in [5, 5.41) is 10.9. The standard InChI is InChI=1S/C28H37N3O4/c1-19-9-11-20(12-10-19)22-21-13-16-31(18-17-30-14-7-6-8-15-30)23(21)26(32)29(5)24(22)25(27(33)34)35-28(2,3)4/h9-13,16,25H,6-8,14-15,17-18H2,1-5H3,(H,33,34). The van der Waals surface area contributed by atoms with Crippen molar-refractivity contribution < 1.29 is 14.6 Å². The molecule has 0 aliphatic carbocycles. The van der Waals surface area contributed by atoms with Gasteiger partial charge in [0.1, 0.15) is 5.52 Å². The maximum Gasteiger partial charge on any atom is 0.339 e. The molecule has 0 bridgehead atoms. The van der Waals surface area contributed by atoms with Gasteiger partial charge in [-0.3, -0.25) is 4.79 Å². The number of aryl methyl sites for hydroxylation is 1. The van der Waals surface area contributed by atoms with E-state index in [4.69, 9.17) is 4.74 Å². The Morgan fingerprint density at radius 2 is 1.71 bits per heavy atom. The molecule has 0 radical (unpaired) electrons. The van der Waals surface area contributed by atoms with Gasteiger partial charge in [-0.05, 0) is 65.3 Å². The number of carboxylic acids is 1. The maximum absolute atomic E-state index is 13.7. The zero-order valence-corrected chi connectivity index (χ0v) is 21.5. The topological polar surface area (TPSA) is 76.7 Å². The molecule has 7 heteroatoms. The second kappa shape index (κ2) is 9.99. The first-order chi connectivity index (χ1) is 16.6. The minimum Gasteiger partial charge on any atom is -0.479 e. The highest BCUT2D eigenvalue weighted by Crippen LogP contribution is 2.37. The van der Waals surface area contributed by atoms with E-state index in [1.54, 1.807) is 7.05 Å². The number of pyridine rings is 1. The van der Waals surface area contributed by atoms with Crippen LogP contribution in [0.25, 0.3) is 22.0 Å². The van der Waals surface area contributed by atoms with E-state index in [1.165, 1.54) is 23.8 Å². The molecule has 2 aromatic heterocycles. The highest BCUT2D eigenvalue weighted by molar-refractivity contribution is 5.98. The largest absolute Gasteiger partial charge is 0.479 e. The molecule has 1 aliphatic heterocycles. The summed E-state index contributed by atoms with van der Waals surface area (Å²) in [5.41, 5.74) is 2.75. The molecule has 7 nitrogen and oxygen atoms in total. The lowest BCUT2D eigenvalue weighted by molar-refractivity contribution is -0.161. The van der Waals surface area contributed by atoms with Crippen LogP contribution in [0, 0.1) is 6.92 Å². The van der Waals surface area contributed by atoms with Gasteiger partial charge in [-0.25, -0.2) is 4.79 Å². The number of piperidine rings is 1. The molecule has 3 aromatic rings. The summed E-state index contributed by atoms with van der Waals surface area (Å²) in [5.74, 6) is -1.12. The molecule has 1 N–H and O–H groups in total. The zero-order valence-electron chi connectivity index (χ0n) is 21.5. The van der Waals surface area contributed by atoms with Crippen molar-refractivity contribution in [1.82, 2.24) is 14.0 Å². The first-order valence-corrected chi connectivity index (χ1v) is 12.5. The first kappa shape index (κ1) is 25.2. The number of hydrogen-bond acceptors (Lipinski definition) is 4. The fourth-order valence-electron chi connectivity index (χ4n) is 5.01. The van der Waals surface area contributed by atoms with Gasteiger partial charge >= 0.3 is 5.97 Å². The van der Waals surface area contributed by atoms with Crippen LogP contribution < -0.4 is 5.56 Å². The molecular weight excluding hydrogens is 442 g/mol. The van der Waals surface area contributed by atoms with Gasteiger partial charge in [0.15, 0.2) is 6.10 Å². The van der Waals surface area contributed by atoms with E-state index < -0.39 is 17.7 Å². The number of aromatic nitrogens is 2. The molecule has 0 spiro atoms. The number of fused-ring (bicyclic) bond motifs is 1. The summed E-state index contributed by atoms with van der Waals surface area (Å²) in [6, 6.07) is 9.92. The van der Waals surface area contributed by atoms with Crippen LogP contribution in [-0.4, -0.2) is 50.3 Å². The number of nitrogens with zero attached hydrogens (tertiary/aromatic N) is 3. The monoisotopic (exact) mass is 479 g/mol. The van der Waals surface area contributed by atoms with E-state index >= 15 is 0 Å². The Bertz CT molecular complexity index is 1260. The number of aliphatic carboxylic acids is 1. The molecular formula is C28H37N3O4. The summed E-state index contributed by atoms with van der Waals surface area (Å²) in [4.78, 5) is 28.6. The van der Waals surface area contributed by atoms with E-state index in [-0.39, 0.29) is 5.56 Å². The fraction of sp³-hybridized carbons (Fsp3) is 0.500. The van der Waals surface area contributed by atoms with E-state index in [0.29, 0.717) is 17.8 Å². The van der Waals surface area contributed by atoms with Crippen LogP contribution in [0.4, 0.5) is 0 Å². The van der Waals surface area contributed by atoms with E-state index in [2.05, 4.69) is 4.90 Å². The lowest BCUT2D eigenvalue weighted by atomic mass is 9.95. The van der Waals surface area contributed by atoms with Crippen molar-refractivity contribution in [2.45, 2.75) is 65.2 Å². The number of rotatable bonds is 7. The van der Waals surface area contributed by atoms with Crippen LogP contribution in [0.3, 0.4) is 0 Å². The molecule has 35 heavy (non-hydrogen) atoms. The van der Waals surface area contributed by atoms with Gasteiger partial charge < -0.3 is 23.9 Å². The van der Waals surface area contributed by atoms with E-state index in [0.717, 1.165) is 41.7 Å². The highest BCUT2D eigenvalue weighted by Gasteiger charge is 2.33. The quantitative estimate of drug-likeness (QED) is 0.530. The zero-order chi connectivity index (χ0) is 25.3. The third-order valence-electron chi connectivity index (χ3n) is 6.75. The molecule has 1 aromatic carbocycles. The molecule has 188 valence electrons. The van der Waals surface area contributed by atoms with Crippen LogP contribution in [0.1, 0.15) is 57.4 Å². The second-order valence-electron chi connectivity index (χ2n) is 10.6. The predicted octanol–water partition coefficient (Wildman–Crippen LogP) is 4.74. The minimum atomic E-state index is -1.29. The van der Waals surface area contributed by atoms with Gasteiger partial charge in [-0.2, -0.15) is 0 Å². The third-order valence-corrected chi connectivity index (χ3v) is 6.75. The Hall–Kier alpha value is -2.90. The number of hydrogen-bond donors (Lipinski definition) is 1. The van der Waals surface area contributed by atoms with Crippen molar-refractivity contribution in [1.29, 1.82) is 0 Å². The van der Waals surface area contributed by atoms with Crippen LogP contribution in [0.2, 0.25) is 0 Å². The maximum atomic E-state index is 13.7. The molecule has 0 amide bonds. The van der Waals surface area contributed by atoms with Gasteiger partial charge in [0.2, 0.25) is 0 Å². The second-order valence-corrected chi connectivity index (χ2v) is 10.6. The van der Waals surface area contributed by atoms with Crippen LogP contribution in [-0.2, 0) is 23.1 Å². The Labute approximate surface area is 206 Å². The summed E-state index contributed by atoms with van der Waals surface area (Å²) in [6.45, 7) is 11.3. The normalized spacial score (nSPS) is 16.0. The van der Waals surface area contributed by atoms with Gasteiger partial charge in [0, 0.05) is 37.3 Å². The lowest BCUT2D eigenvalue weighted by Gasteiger charge is -2.28. The van der Waals surface area contributed by atoms with Crippen LogP contribution in [0.15, 0.2) is 41.3 Å². The third kappa shape index (κ3) is 5.36. The number of carboxylic acid groups (broad SMARTS) is 1. The van der Waals surface area contributed by atoms with Gasteiger partial charge in [0.25, 0.3) is 5.56 Å². The molecule has 1 aliphatic rings. The molecule has 4 rings (SSSR count). The molecule has 3 heterocycles.